The normalized spacial score (nSPS) is 14.3. The summed E-state index contributed by atoms with van der Waals surface area (Å²) in [6.45, 7) is 1.75. The molecule has 2 aromatic rings. The number of nitrogens with one attached hydrogen (secondary N) is 1. The minimum atomic E-state index is -0.0980. The van der Waals surface area contributed by atoms with E-state index in [1.165, 1.54) is 0 Å². The van der Waals surface area contributed by atoms with Crippen LogP contribution in [-0.2, 0) is 4.79 Å². The van der Waals surface area contributed by atoms with Crippen LogP contribution in [0.1, 0.15) is 36.0 Å². The number of carbonyl (C=O) groups is 2. The Labute approximate surface area is 182 Å². The topological polar surface area (TPSA) is 67.9 Å². The smallest absolute Gasteiger partial charge is 0.251 e. The molecule has 1 heterocycles. The molecule has 1 fully saturated rings. The van der Waals surface area contributed by atoms with Crippen molar-refractivity contribution < 1.29 is 19.1 Å². The predicted molar refractivity (Wildman–Crippen MR) is 116 cm³/mol. The van der Waals surface area contributed by atoms with Crippen molar-refractivity contribution in [3.63, 3.8) is 0 Å². The van der Waals surface area contributed by atoms with Crippen molar-refractivity contribution >= 4 is 23.4 Å². The van der Waals surface area contributed by atoms with E-state index in [0.717, 1.165) is 18.6 Å². The molecule has 0 unspecified atom stereocenters. The summed E-state index contributed by atoms with van der Waals surface area (Å²) in [5.41, 5.74) is 0.604. The molecule has 1 aliphatic rings. The monoisotopic (exact) mass is 430 g/mol. The van der Waals surface area contributed by atoms with Gasteiger partial charge in [-0.25, -0.2) is 0 Å². The Morgan fingerprint density at radius 1 is 1.10 bits per heavy atom. The summed E-state index contributed by atoms with van der Waals surface area (Å²) in [6.07, 6.45) is 2.58. The lowest BCUT2D eigenvalue weighted by Gasteiger charge is -2.32. The van der Waals surface area contributed by atoms with Gasteiger partial charge in [0.05, 0.1) is 18.7 Å². The van der Waals surface area contributed by atoms with Gasteiger partial charge in [0.1, 0.15) is 11.5 Å². The number of likely N-dealkylation sites (tertiary alicyclic amines) is 1. The van der Waals surface area contributed by atoms with Gasteiger partial charge in [0.15, 0.2) is 0 Å². The van der Waals surface area contributed by atoms with E-state index in [2.05, 4.69) is 5.32 Å². The lowest BCUT2D eigenvalue weighted by Crippen LogP contribution is -2.46. The van der Waals surface area contributed by atoms with Gasteiger partial charge in [-0.1, -0.05) is 23.7 Å². The summed E-state index contributed by atoms with van der Waals surface area (Å²) in [7, 11) is 1.59. The Balaban J connectivity index is 1.35. The van der Waals surface area contributed by atoms with Crippen LogP contribution in [-0.4, -0.2) is 49.6 Å². The average molecular weight is 431 g/mol. The second-order valence-electron chi connectivity index (χ2n) is 7.24. The molecule has 1 N–H and O–H groups in total. The molecule has 0 radical (unpaired) electrons. The number of nitrogens with zero attached hydrogens (tertiary/aromatic N) is 1. The van der Waals surface area contributed by atoms with Gasteiger partial charge in [0.25, 0.3) is 5.91 Å². The van der Waals surface area contributed by atoms with Crippen LogP contribution in [0.2, 0.25) is 5.02 Å². The van der Waals surface area contributed by atoms with Crippen LogP contribution in [0.4, 0.5) is 0 Å². The zero-order chi connectivity index (χ0) is 21.3. The Morgan fingerprint density at radius 3 is 2.47 bits per heavy atom. The number of para-hydroxylation sites is 1. The lowest BCUT2D eigenvalue weighted by atomic mass is 10.0. The number of methoxy groups -OCH3 is 1. The van der Waals surface area contributed by atoms with Crippen molar-refractivity contribution in [2.45, 2.75) is 31.7 Å². The van der Waals surface area contributed by atoms with Crippen molar-refractivity contribution in [3.8, 4) is 11.5 Å². The summed E-state index contributed by atoms with van der Waals surface area (Å²) in [5.74, 6) is 1.38. The summed E-state index contributed by atoms with van der Waals surface area (Å²) < 4.78 is 10.7. The van der Waals surface area contributed by atoms with Gasteiger partial charge in [0, 0.05) is 31.1 Å². The first kappa shape index (κ1) is 22.0. The summed E-state index contributed by atoms with van der Waals surface area (Å²) in [6, 6.07) is 14.4. The van der Waals surface area contributed by atoms with Crippen LogP contribution in [0.3, 0.4) is 0 Å². The van der Waals surface area contributed by atoms with Crippen molar-refractivity contribution in [1.29, 1.82) is 0 Å². The molecule has 0 aliphatic carbocycles. The zero-order valence-electron chi connectivity index (χ0n) is 17.1. The van der Waals surface area contributed by atoms with E-state index in [1.807, 2.05) is 23.1 Å². The number of piperidine rings is 1. The number of amides is 2. The molecule has 2 amide bonds. The van der Waals surface area contributed by atoms with Gasteiger partial charge < -0.3 is 19.7 Å². The Kier molecular flexibility index (Phi) is 7.97. The number of ether oxygens (including phenoxy) is 2. The predicted octanol–water partition coefficient (Wildman–Crippen LogP) is 3.93. The van der Waals surface area contributed by atoms with Crippen molar-refractivity contribution in [1.82, 2.24) is 10.2 Å². The van der Waals surface area contributed by atoms with E-state index in [0.29, 0.717) is 48.9 Å². The van der Waals surface area contributed by atoms with Gasteiger partial charge in [-0.15, -0.1) is 0 Å². The average Bonchev–Trinajstić information content (AvgIpc) is 2.78. The summed E-state index contributed by atoms with van der Waals surface area (Å²) >= 11 is 6.05. The molecule has 160 valence electrons. The number of hydrogen-bond acceptors (Lipinski definition) is 4. The molecule has 1 aliphatic heterocycles. The maximum Gasteiger partial charge on any atom is 0.251 e. The minimum Gasteiger partial charge on any atom is -0.497 e. The van der Waals surface area contributed by atoms with E-state index in [-0.39, 0.29) is 17.9 Å². The Hall–Kier alpha value is -2.73. The van der Waals surface area contributed by atoms with Crippen LogP contribution in [0.25, 0.3) is 0 Å². The van der Waals surface area contributed by atoms with Crippen LogP contribution in [0.15, 0.2) is 48.5 Å². The molecule has 1 saturated heterocycles. The second-order valence-corrected chi connectivity index (χ2v) is 7.65. The molecule has 6 nitrogen and oxygen atoms in total. The third-order valence-electron chi connectivity index (χ3n) is 5.16. The van der Waals surface area contributed by atoms with Gasteiger partial charge in [-0.05, 0) is 55.7 Å². The van der Waals surface area contributed by atoms with E-state index in [1.54, 1.807) is 37.4 Å². The van der Waals surface area contributed by atoms with Gasteiger partial charge >= 0.3 is 0 Å². The lowest BCUT2D eigenvalue weighted by molar-refractivity contribution is -0.132. The highest BCUT2D eigenvalue weighted by Gasteiger charge is 2.24. The molecule has 7 heteroatoms. The molecule has 3 rings (SSSR count). The number of carbonyl (C=O) groups excluding carboxylic acids is 2. The van der Waals surface area contributed by atoms with Gasteiger partial charge in [0.2, 0.25) is 5.91 Å². The molecule has 0 saturated carbocycles. The van der Waals surface area contributed by atoms with Crippen LogP contribution >= 0.6 is 11.6 Å². The fourth-order valence-corrected chi connectivity index (χ4v) is 3.60. The van der Waals surface area contributed by atoms with Crippen molar-refractivity contribution in [2.24, 2.45) is 0 Å². The molecule has 0 bridgehead atoms. The first-order chi connectivity index (χ1) is 14.6. The molecule has 0 spiro atoms. The molecule has 30 heavy (non-hydrogen) atoms. The zero-order valence-corrected chi connectivity index (χ0v) is 17.9. The quantitative estimate of drug-likeness (QED) is 0.644. The van der Waals surface area contributed by atoms with E-state index < -0.39 is 0 Å². The maximum atomic E-state index is 12.4. The van der Waals surface area contributed by atoms with E-state index in [9.17, 15) is 9.59 Å². The van der Waals surface area contributed by atoms with Crippen LogP contribution < -0.4 is 14.8 Å². The number of benzene rings is 2. The molecule has 0 atom stereocenters. The fourth-order valence-electron chi connectivity index (χ4n) is 3.41. The third kappa shape index (κ3) is 6.13. The maximum absolute atomic E-state index is 12.4. The fraction of sp³-hybridized carbons (Fsp3) is 0.391. The van der Waals surface area contributed by atoms with E-state index >= 15 is 0 Å². The highest BCUT2D eigenvalue weighted by atomic mass is 35.5. The summed E-state index contributed by atoms with van der Waals surface area (Å²) in [5, 5.41) is 3.63. The summed E-state index contributed by atoms with van der Waals surface area (Å²) in [4.78, 5) is 26.7. The first-order valence-corrected chi connectivity index (χ1v) is 10.5. The van der Waals surface area contributed by atoms with Crippen LogP contribution in [0, 0.1) is 0 Å². The third-order valence-corrected chi connectivity index (χ3v) is 5.48. The highest BCUT2D eigenvalue weighted by Crippen LogP contribution is 2.23. The SMILES string of the molecule is COc1ccc(C(=O)NC2CCN(C(=O)CCCOc3ccccc3Cl)CC2)cc1. The van der Waals surface area contributed by atoms with Crippen molar-refractivity contribution in [2.75, 3.05) is 26.8 Å². The van der Waals surface area contributed by atoms with Gasteiger partial charge in [-0.2, -0.15) is 0 Å². The highest BCUT2D eigenvalue weighted by molar-refractivity contribution is 6.32. The largest absolute Gasteiger partial charge is 0.497 e. The Bertz CT molecular complexity index is 849. The second kappa shape index (κ2) is 10.9. The van der Waals surface area contributed by atoms with Crippen LogP contribution in [0.5, 0.6) is 11.5 Å². The number of hydrogen-bond donors (Lipinski definition) is 1. The van der Waals surface area contributed by atoms with Gasteiger partial charge in [-0.3, -0.25) is 9.59 Å². The molecular weight excluding hydrogens is 404 g/mol. The molecular formula is C23H27ClN2O4. The van der Waals surface area contributed by atoms with E-state index in [4.69, 9.17) is 21.1 Å². The minimum absolute atomic E-state index is 0.0761. The Morgan fingerprint density at radius 2 is 1.80 bits per heavy atom. The number of halogens is 1. The number of rotatable bonds is 8. The molecule has 0 aromatic heterocycles. The standard InChI is InChI=1S/C23H27ClN2O4/c1-29-19-10-8-17(9-11-19)23(28)25-18-12-14-26(15-13-18)22(27)7-4-16-30-21-6-3-2-5-20(21)24/h2-3,5-6,8-11,18H,4,7,12-16H2,1H3,(H,25,28). The first-order valence-electron chi connectivity index (χ1n) is 10.2. The molecule has 2 aromatic carbocycles. The van der Waals surface area contributed by atoms with Crippen molar-refractivity contribution in [3.05, 3.63) is 59.1 Å².